The second kappa shape index (κ2) is 12.6. The molecule has 1 aliphatic carbocycles. The third kappa shape index (κ3) is 5.76. The van der Waals surface area contributed by atoms with Crippen LogP contribution in [0.25, 0.3) is 0 Å². The minimum atomic E-state index is -2.26. The summed E-state index contributed by atoms with van der Waals surface area (Å²) in [6.45, 7) is 4.54. The van der Waals surface area contributed by atoms with Gasteiger partial charge in [0.1, 0.15) is 41.2 Å². The number of fused-ring (bicyclic) bond motifs is 3. The standard InChI is InChI=1S/C34H39N3O10/c1-32(2,3)47-31(41)35-18-25(38)36-37-30(40)26-27(19-10-8-7-9-11-19)34(20-12-14-21(43-4)15-13-20)33(42,29(26)39)28-23(45-6)16-22(44-5)17-24(28)46-34/h7-17,26-27,29,39,42H,18H2,1-6H3,(H,35,41)(H,36,38)(H,37,40)/t26-,27-,29-,33+,34+/m1/s1. The Bertz CT molecular complexity index is 1640. The minimum absolute atomic E-state index is 0.131. The molecule has 0 saturated heterocycles. The number of hydrogen-bond acceptors (Lipinski definition) is 10. The van der Waals surface area contributed by atoms with Gasteiger partial charge in [-0.05, 0) is 44.0 Å². The van der Waals surface area contributed by atoms with Crippen LogP contribution in [0.4, 0.5) is 4.79 Å². The Hall–Kier alpha value is -5.01. The smallest absolute Gasteiger partial charge is 0.408 e. The number of alkyl carbamates (subject to hydrolysis) is 1. The third-order valence-electron chi connectivity index (χ3n) is 8.38. The van der Waals surface area contributed by atoms with Gasteiger partial charge in [-0.3, -0.25) is 20.4 Å². The Morgan fingerprint density at radius 3 is 2.15 bits per heavy atom. The van der Waals surface area contributed by atoms with Gasteiger partial charge in [0.15, 0.2) is 11.2 Å². The highest BCUT2D eigenvalue weighted by molar-refractivity contribution is 5.87. The first-order valence-electron chi connectivity index (χ1n) is 14.9. The maximum atomic E-state index is 14.0. The van der Waals surface area contributed by atoms with E-state index in [1.54, 1.807) is 87.5 Å². The summed E-state index contributed by atoms with van der Waals surface area (Å²) < 4.78 is 28.4. The van der Waals surface area contributed by atoms with E-state index in [4.69, 9.17) is 23.7 Å². The number of carbonyl (C=O) groups excluding carboxylic acids is 3. The normalized spacial score (nSPS) is 24.2. The Balaban J connectivity index is 1.59. The van der Waals surface area contributed by atoms with Crippen LogP contribution >= 0.6 is 0 Å². The molecule has 13 nitrogen and oxygen atoms in total. The number of aliphatic hydroxyl groups is 2. The average Bonchev–Trinajstić information content (AvgIpc) is 3.43. The maximum absolute atomic E-state index is 14.0. The molecule has 0 radical (unpaired) electrons. The van der Waals surface area contributed by atoms with E-state index in [-0.39, 0.29) is 17.1 Å². The summed E-state index contributed by atoms with van der Waals surface area (Å²) >= 11 is 0. The van der Waals surface area contributed by atoms with E-state index in [1.807, 2.05) is 0 Å². The summed E-state index contributed by atoms with van der Waals surface area (Å²) in [4.78, 5) is 38.7. The van der Waals surface area contributed by atoms with Gasteiger partial charge in [0.2, 0.25) is 5.91 Å². The van der Waals surface area contributed by atoms with Crippen molar-refractivity contribution < 1.29 is 48.3 Å². The number of ether oxygens (including phenoxy) is 5. The topological polar surface area (TPSA) is 174 Å². The second-order valence-corrected chi connectivity index (χ2v) is 12.3. The van der Waals surface area contributed by atoms with Gasteiger partial charge in [0, 0.05) is 18.1 Å². The van der Waals surface area contributed by atoms with Gasteiger partial charge in [0.05, 0.1) is 32.8 Å². The van der Waals surface area contributed by atoms with E-state index in [9.17, 15) is 24.6 Å². The van der Waals surface area contributed by atoms with E-state index in [1.165, 1.54) is 21.3 Å². The maximum Gasteiger partial charge on any atom is 0.408 e. The van der Waals surface area contributed by atoms with Crippen molar-refractivity contribution in [2.24, 2.45) is 5.92 Å². The lowest BCUT2D eigenvalue weighted by atomic mass is 9.70. The molecule has 3 aromatic carbocycles. The fourth-order valence-electron chi connectivity index (χ4n) is 6.52. The zero-order chi connectivity index (χ0) is 34.1. The van der Waals surface area contributed by atoms with Gasteiger partial charge in [-0.25, -0.2) is 4.79 Å². The van der Waals surface area contributed by atoms with Gasteiger partial charge >= 0.3 is 6.09 Å². The van der Waals surface area contributed by atoms with Crippen molar-refractivity contribution in [2.45, 2.75) is 49.6 Å². The third-order valence-corrected chi connectivity index (χ3v) is 8.38. The molecule has 1 saturated carbocycles. The highest BCUT2D eigenvalue weighted by Crippen LogP contribution is 2.70. The lowest BCUT2D eigenvalue weighted by Gasteiger charge is -2.40. The molecule has 1 fully saturated rings. The van der Waals surface area contributed by atoms with Crippen LogP contribution in [-0.2, 0) is 25.5 Å². The first-order valence-corrected chi connectivity index (χ1v) is 14.9. The van der Waals surface area contributed by atoms with Gasteiger partial charge < -0.3 is 39.2 Å². The van der Waals surface area contributed by atoms with Crippen LogP contribution in [-0.4, -0.2) is 67.7 Å². The minimum Gasteiger partial charge on any atom is -0.497 e. The van der Waals surface area contributed by atoms with E-state index in [0.717, 1.165) is 0 Å². The molecule has 0 bridgehead atoms. The predicted molar refractivity (Wildman–Crippen MR) is 168 cm³/mol. The number of hydrazine groups is 1. The molecule has 0 spiro atoms. The summed E-state index contributed by atoms with van der Waals surface area (Å²) in [6.07, 6.45) is -2.61. The van der Waals surface area contributed by atoms with Crippen LogP contribution in [0.2, 0.25) is 0 Å². The van der Waals surface area contributed by atoms with Crippen molar-refractivity contribution in [3.05, 3.63) is 83.4 Å². The molecule has 13 heteroatoms. The molecule has 5 atom stereocenters. The number of amides is 3. The highest BCUT2D eigenvalue weighted by atomic mass is 16.6. The van der Waals surface area contributed by atoms with Crippen molar-refractivity contribution in [3.63, 3.8) is 0 Å². The molecule has 1 aliphatic heterocycles. The number of benzene rings is 3. The number of nitrogens with one attached hydrogen (secondary N) is 3. The van der Waals surface area contributed by atoms with Crippen molar-refractivity contribution in [1.29, 1.82) is 0 Å². The molecule has 0 unspecified atom stereocenters. The number of hydrogen-bond donors (Lipinski definition) is 5. The molecule has 3 amide bonds. The molecular weight excluding hydrogens is 610 g/mol. The molecule has 250 valence electrons. The number of rotatable bonds is 8. The Kier molecular flexibility index (Phi) is 8.98. The molecular formula is C34H39N3O10. The number of methoxy groups -OCH3 is 3. The summed E-state index contributed by atoms with van der Waals surface area (Å²) in [5, 5.41) is 27.5. The lowest BCUT2D eigenvalue weighted by molar-refractivity contribution is -0.155. The zero-order valence-electron chi connectivity index (χ0n) is 27.0. The van der Waals surface area contributed by atoms with Crippen LogP contribution in [0, 0.1) is 5.92 Å². The van der Waals surface area contributed by atoms with Crippen LogP contribution in [0.5, 0.6) is 23.0 Å². The molecule has 2 aliphatic rings. The summed E-state index contributed by atoms with van der Waals surface area (Å²) in [6, 6.07) is 18.8. The molecule has 47 heavy (non-hydrogen) atoms. The van der Waals surface area contributed by atoms with Gasteiger partial charge in [-0.15, -0.1) is 0 Å². The van der Waals surface area contributed by atoms with Crippen molar-refractivity contribution >= 4 is 17.9 Å². The van der Waals surface area contributed by atoms with Gasteiger partial charge in [0.25, 0.3) is 5.91 Å². The van der Waals surface area contributed by atoms with E-state index in [0.29, 0.717) is 22.6 Å². The fraction of sp³-hybridized carbons (Fsp3) is 0.382. The molecule has 1 heterocycles. The highest BCUT2D eigenvalue weighted by Gasteiger charge is 2.78. The van der Waals surface area contributed by atoms with Crippen molar-refractivity contribution in [2.75, 3.05) is 27.9 Å². The molecule has 5 N–H and O–H groups in total. The van der Waals surface area contributed by atoms with Crippen LogP contribution in [0.1, 0.15) is 43.4 Å². The Morgan fingerprint density at radius 1 is 0.894 bits per heavy atom. The Labute approximate surface area is 272 Å². The lowest BCUT2D eigenvalue weighted by Crippen LogP contribution is -2.52. The quantitative estimate of drug-likeness (QED) is 0.228. The van der Waals surface area contributed by atoms with Gasteiger partial charge in [-0.1, -0.05) is 42.5 Å². The summed E-state index contributed by atoms with van der Waals surface area (Å²) in [7, 11) is 4.41. The van der Waals surface area contributed by atoms with Crippen LogP contribution in [0.3, 0.4) is 0 Å². The molecule has 5 rings (SSSR count). The van der Waals surface area contributed by atoms with E-state index < -0.39 is 59.2 Å². The zero-order valence-corrected chi connectivity index (χ0v) is 27.0. The largest absolute Gasteiger partial charge is 0.497 e. The van der Waals surface area contributed by atoms with E-state index in [2.05, 4.69) is 16.2 Å². The monoisotopic (exact) mass is 649 g/mol. The second-order valence-electron chi connectivity index (χ2n) is 12.3. The average molecular weight is 650 g/mol. The molecule has 3 aromatic rings. The SMILES string of the molecule is COc1ccc([C@@]23Oc4cc(OC)cc(OC)c4[C@]2(O)[C@H](O)[C@H](C(=O)NNC(=O)CNC(=O)OC(C)(C)C)[C@H]3c2ccccc2)cc1. The first-order chi connectivity index (χ1) is 22.3. The number of carbonyl (C=O) groups is 3. The van der Waals surface area contributed by atoms with E-state index >= 15 is 0 Å². The predicted octanol–water partition coefficient (Wildman–Crippen LogP) is 2.63. The van der Waals surface area contributed by atoms with Crippen molar-refractivity contribution in [1.82, 2.24) is 16.2 Å². The Morgan fingerprint density at radius 2 is 1.55 bits per heavy atom. The summed E-state index contributed by atoms with van der Waals surface area (Å²) in [5.41, 5.74) is 0.932. The fourth-order valence-corrected chi connectivity index (χ4v) is 6.52. The van der Waals surface area contributed by atoms with Crippen LogP contribution < -0.4 is 35.1 Å². The van der Waals surface area contributed by atoms with Gasteiger partial charge in [-0.2, -0.15) is 0 Å². The molecule has 0 aromatic heterocycles. The number of aliphatic hydroxyl groups excluding tert-OH is 1. The van der Waals surface area contributed by atoms with Crippen LogP contribution in [0.15, 0.2) is 66.7 Å². The summed E-state index contributed by atoms with van der Waals surface area (Å²) in [5.74, 6) is -2.70. The first kappa shape index (κ1) is 33.4. The van der Waals surface area contributed by atoms with Crippen molar-refractivity contribution in [3.8, 4) is 23.0 Å².